The quantitative estimate of drug-likeness (QED) is 0.866. The number of piperidine rings is 1. The van der Waals surface area contributed by atoms with Gasteiger partial charge in [0, 0.05) is 31.5 Å². The monoisotopic (exact) mass is 352 g/mol. The molecular formula is C21H24N2O3. The van der Waals surface area contributed by atoms with Gasteiger partial charge in [-0.2, -0.15) is 0 Å². The van der Waals surface area contributed by atoms with Gasteiger partial charge >= 0.3 is 6.09 Å². The van der Waals surface area contributed by atoms with Gasteiger partial charge in [0.05, 0.1) is 0 Å². The van der Waals surface area contributed by atoms with Crippen LogP contribution in [0.2, 0.25) is 0 Å². The zero-order chi connectivity index (χ0) is 18.4. The van der Waals surface area contributed by atoms with Crippen molar-refractivity contribution in [3.8, 4) is 0 Å². The molecule has 0 atom stereocenters. The summed E-state index contributed by atoms with van der Waals surface area (Å²) in [5.41, 5.74) is 1.86. The third kappa shape index (κ3) is 4.23. The predicted octanol–water partition coefficient (Wildman–Crippen LogP) is 3.40. The number of hydrogen-bond acceptors (Lipinski definition) is 2. The zero-order valence-electron chi connectivity index (χ0n) is 14.7. The number of nitrogens with one attached hydrogen (secondary N) is 1. The molecule has 1 saturated heterocycles. The summed E-state index contributed by atoms with van der Waals surface area (Å²) in [4.78, 5) is 25.3. The van der Waals surface area contributed by atoms with E-state index in [2.05, 4.69) is 5.32 Å². The summed E-state index contributed by atoms with van der Waals surface area (Å²) in [7, 11) is 0. The van der Waals surface area contributed by atoms with Crippen LogP contribution in [-0.4, -0.2) is 35.1 Å². The predicted molar refractivity (Wildman–Crippen MR) is 99.9 cm³/mol. The lowest BCUT2D eigenvalue weighted by atomic mass is 9.70. The Morgan fingerprint density at radius 2 is 1.54 bits per heavy atom. The standard InChI is InChI=1S/C21H24N2O3/c24-19(22-16-17-7-3-1-4-8-17)15-21(18-9-5-2-6-10-18)11-13-23(14-12-21)20(25)26/h1-10H,11-16H2,(H,22,24)(H,25,26). The first-order valence-corrected chi connectivity index (χ1v) is 8.93. The lowest BCUT2D eigenvalue weighted by Crippen LogP contribution is -2.46. The van der Waals surface area contributed by atoms with E-state index in [0.29, 0.717) is 38.9 Å². The Bertz CT molecular complexity index is 738. The van der Waals surface area contributed by atoms with Crippen molar-refractivity contribution in [1.82, 2.24) is 10.2 Å². The largest absolute Gasteiger partial charge is 0.465 e. The number of hydrogen-bond donors (Lipinski definition) is 2. The zero-order valence-corrected chi connectivity index (χ0v) is 14.7. The fourth-order valence-electron chi connectivity index (χ4n) is 3.65. The summed E-state index contributed by atoms with van der Waals surface area (Å²) in [6.45, 7) is 1.41. The molecule has 2 aromatic carbocycles. The van der Waals surface area contributed by atoms with Crippen molar-refractivity contribution >= 4 is 12.0 Å². The van der Waals surface area contributed by atoms with E-state index in [9.17, 15) is 14.7 Å². The molecule has 0 aliphatic carbocycles. The third-order valence-corrected chi connectivity index (χ3v) is 5.21. The molecule has 1 aliphatic rings. The molecule has 0 spiro atoms. The molecule has 2 amide bonds. The molecule has 0 bridgehead atoms. The number of likely N-dealkylation sites (tertiary alicyclic amines) is 1. The van der Waals surface area contributed by atoms with Crippen LogP contribution >= 0.6 is 0 Å². The molecular weight excluding hydrogens is 328 g/mol. The maximum atomic E-state index is 12.6. The fraction of sp³-hybridized carbons (Fsp3) is 0.333. The van der Waals surface area contributed by atoms with Crippen LogP contribution in [-0.2, 0) is 16.8 Å². The molecule has 3 rings (SSSR count). The molecule has 2 N–H and O–H groups in total. The molecule has 2 aromatic rings. The highest BCUT2D eigenvalue weighted by molar-refractivity contribution is 5.77. The number of rotatable bonds is 5. The number of carboxylic acid groups (broad SMARTS) is 1. The molecule has 5 nitrogen and oxygen atoms in total. The summed E-state index contributed by atoms with van der Waals surface area (Å²) in [6.07, 6.45) is 0.793. The van der Waals surface area contributed by atoms with Gasteiger partial charge in [0.25, 0.3) is 0 Å². The summed E-state index contributed by atoms with van der Waals surface area (Å²) >= 11 is 0. The molecule has 0 radical (unpaired) electrons. The molecule has 1 aliphatic heterocycles. The fourth-order valence-corrected chi connectivity index (χ4v) is 3.65. The van der Waals surface area contributed by atoms with Gasteiger partial charge in [0.15, 0.2) is 0 Å². The minimum absolute atomic E-state index is 0.00137. The second-order valence-electron chi connectivity index (χ2n) is 6.86. The lowest BCUT2D eigenvalue weighted by Gasteiger charge is -2.41. The highest BCUT2D eigenvalue weighted by atomic mass is 16.4. The maximum absolute atomic E-state index is 12.6. The molecule has 136 valence electrons. The van der Waals surface area contributed by atoms with Gasteiger partial charge in [-0.05, 0) is 24.0 Å². The molecule has 1 heterocycles. The minimum atomic E-state index is -0.889. The Morgan fingerprint density at radius 1 is 0.962 bits per heavy atom. The second-order valence-corrected chi connectivity index (χ2v) is 6.86. The number of benzene rings is 2. The van der Waals surface area contributed by atoms with Crippen LogP contribution in [0.5, 0.6) is 0 Å². The van der Waals surface area contributed by atoms with E-state index < -0.39 is 6.09 Å². The first-order valence-electron chi connectivity index (χ1n) is 8.93. The lowest BCUT2D eigenvalue weighted by molar-refractivity contribution is -0.123. The van der Waals surface area contributed by atoms with E-state index in [4.69, 9.17) is 0 Å². The normalized spacial score (nSPS) is 16.1. The van der Waals surface area contributed by atoms with Gasteiger partial charge in [0.2, 0.25) is 5.91 Å². The van der Waals surface area contributed by atoms with Crippen LogP contribution in [0, 0.1) is 0 Å². The number of carbonyl (C=O) groups excluding carboxylic acids is 1. The van der Waals surface area contributed by atoms with Crippen molar-refractivity contribution in [2.75, 3.05) is 13.1 Å². The van der Waals surface area contributed by atoms with Gasteiger partial charge in [-0.1, -0.05) is 60.7 Å². The Hall–Kier alpha value is -2.82. The number of nitrogens with zero attached hydrogens (tertiary/aromatic N) is 1. The molecule has 0 unspecified atom stereocenters. The van der Waals surface area contributed by atoms with Gasteiger partial charge in [0.1, 0.15) is 0 Å². The van der Waals surface area contributed by atoms with Crippen molar-refractivity contribution in [3.05, 3.63) is 71.8 Å². The maximum Gasteiger partial charge on any atom is 0.407 e. The van der Waals surface area contributed by atoms with Crippen molar-refractivity contribution in [3.63, 3.8) is 0 Å². The smallest absolute Gasteiger partial charge is 0.407 e. The van der Waals surface area contributed by atoms with Gasteiger partial charge in [-0.3, -0.25) is 4.79 Å². The SMILES string of the molecule is O=C(CC1(c2ccccc2)CCN(C(=O)O)CC1)NCc1ccccc1. The van der Waals surface area contributed by atoms with Crippen LogP contribution in [0.4, 0.5) is 4.79 Å². The van der Waals surface area contributed by atoms with E-state index in [1.54, 1.807) is 0 Å². The van der Waals surface area contributed by atoms with Crippen LogP contribution < -0.4 is 5.32 Å². The van der Waals surface area contributed by atoms with Crippen LogP contribution in [0.15, 0.2) is 60.7 Å². The van der Waals surface area contributed by atoms with Gasteiger partial charge in [-0.25, -0.2) is 4.79 Å². The Labute approximate surface area is 153 Å². The van der Waals surface area contributed by atoms with Crippen LogP contribution in [0.25, 0.3) is 0 Å². The van der Waals surface area contributed by atoms with Crippen LogP contribution in [0.1, 0.15) is 30.4 Å². The molecule has 5 heteroatoms. The van der Waals surface area contributed by atoms with E-state index in [0.717, 1.165) is 11.1 Å². The van der Waals surface area contributed by atoms with Crippen molar-refractivity contribution in [1.29, 1.82) is 0 Å². The van der Waals surface area contributed by atoms with E-state index in [1.165, 1.54) is 4.90 Å². The Balaban J connectivity index is 1.70. The molecule has 1 fully saturated rings. The summed E-state index contributed by atoms with van der Waals surface area (Å²) in [5, 5.41) is 12.2. The highest BCUT2D eigenvalue weighted by Gasteiger charge is 2.39. The van der Waals surface area contributed by atoms with E-state index >= 15 is 0 Å². The van der Waals surface area contributed by atoms with Gasteiger partial charge in [-0.15, -0.1) is 0 Å². The summed E-state index contributed by atoms with van der Waals surface area (Å²) in [5.74, 6) is 0.00137. The Kier molecular flexibility index (Phi) is 5.56. The van der Waals surface area contributed by atoms with Crippen molar-refractivity contribution in [2.24, 2.45) is 0 Å². The van der Waals surface area contributed by atoms with Crippen molar-refractivity contribution in [2.45, 2.75) is 31.2 Å². The average Bonchev–Trinajstić information content (AvgIpc) is 2.68. The topological polar surface area (TPSA) is 69.6 Å². The third-order valence-electron chi connectivity index (χ3n) is 5.21. The molecule has 0 saturated carbocycles. The summed E-state index contributed by atoms with van der Waals surface area (Å²) < 4.78 is 0. The second kappa shape index (κ2) is 8.04. The minimum Gasteiger partial charge on any atom is -0.465 e. The van der Waals surface area contributed by atoms with E-state index in [-0.39, 0.29) is 11.3 Å². The summed E-state index contributed by atoms with van der Waals surface area (Å²) in [6, 6.07) is 19.8. The Morgan fingerprint density at radius 3 is 2.12 bits per heavy atom. The van der Waals surface area contributed by atoms with E-state index in [1.807, 2.05) is 60.7 Å². The molecule has 0 aromatic heterocycles. The molecule has 26 heavy (non-hydrogen) atoms. The van der Waals surface area contributed by atoms with Crippen LogP contribution in [0.3, 0.4) is 0 Å². The average molecular weight is 352 g/mol. The van der Waals surface area contributed by atoms with Gasteiger partial charge < -0.3 is 15.3 Å². The van der Waals surface area contributed by atoms with Crippen molar-refractivity contribution < 1.29 is 14.7 Å². The first-order chi connectivity index (χ1) is 12.6. The number of carbonyl (C=O) groups is 2. The highest BCUT2D eigenvalue weighted by Crippen LogP contribution is 2.38. The first kappa shape index (κ1) is 18.0. The number of amides is 2.